The Morgan fingerprint density at radius 3 is 2.93 bits per heavy atom. The molecule has 0 unspecified atom stereocenters. The number of methoxy groups -OCH3 is 1. The predicted molar refractivity (Wildman–Crippen MR) is 54.6 cm³/mol. The molecule has 0 aromatic heterocycles. The summed E-state index contributed by atoms with van der Waals surface area (Å²) < 4.78 is 15.9. The molecule has 0 saturated carbocycles. The molecule has 15 heavy (non-hydrogen) atoms. The Hall–Kier alpha value is -0.810. The van der Waals surface area contributed by atoms with Gasteiger partial charge in [0.25, 0.3) is 0 Å². The summed E-state index contributed by atoms with van der Waals surface area (Å²) in [5.74, 6) is 0. The number of azide groups is 1. The van der Waals surface area contributed by atoms with Crippen LogP contribution in [0.1, 0.15) is 12.8 Å². The van der Waals surface area contributed by atoms with Gasteiger partial charge in [0.15, 0.2) is 0 Å². The molecule has 0 N–H and O–H groups in total. The van der Waals surface area contributed by atoms with E-state index < -0.39 is 0 Å². The molecular formula is C9H17N3O3. The lowest BCUT2D eigenvalue weighted by Crippen LogP contribution is -2.33. The largest absolute Gasteiger partial charge is 0.382 e. The van der Waals surface area contributed by atoms with Crippen LogP contribution in [-0.2, 0) is 14.2 Å². The first-order chi connectivity index (χ1) is 7.36. The average Bonchev–Trinajstić information content (AvgIpc) is 2.28. The van der Waals surface area contributed by atoms with Crippen molar-refractivity contribution in [2.24, 2.45) is 5.11 Å². The van der Waals surface area contributed by atoms with Crippen LogP contribution in [-0.4, -0.2) is 45.7 Å². The summed E-state index contributed by atoms with van der Waals surface area (Å²) in [6.07, 6.45) is 2.05. The van der Waals surface area contributed by atoms with Crippen LogP contribution < -0.4 is 0 Å². The van der Waals surface area contributed by atoms with Crippen molar-refractivity contribution in [1.82, 2.24) is 0 Å². The van der Waals surface area contributed by atoms with Crippen molar-refractivity contribution in [1.29, 1.82) is 0 Å². The Morgan fingerprint density at radius 2 is 2.33 bits per heavy atom. The van der Waals surface area contributed by atoms with Gasteiger partial charge in [0, 0.05) is 12.0 Å². The molecule has 0 radical (unpaired) electrons. The zero-order chi connectivity index (χ0) is 10.9. The second-order valence-electron chi connectivity index (χ2n) is 3.43. The van der Waals surface area contributed by atoms with E-state index in [9.17, 15) is 0 Å². The highest BCUT2D eigenvalue weighted by Crippen LogP contribution is 2.16. The maximum atomic E-state index is 8.16. The minimum Gasteiger partial charge on any atom is -0.382 e. The topological polar surface area (TPSA) is 76.5 Å². The van der Waals surface area contributed by atoms with Crippen LogP contribution in [0.2, 0.25) is 0 Å². The van der Waals surface area contributed by atoms with E-state index in [1.165, 1.54) is 0 Å². The Bertz CT molecular complexity index is 211. The molecule has 86 valence electrons. The third-order valence-electron chi connectivity index (χ3n) is 2.32. The maximum absolute atomic E-state index is 8.16. The van der Waals surface area contributed by atoms with E-state index in [0.717, 1.165) is 12.8 Å². The van der Waals surface area contributed by atoms with Gasteiger partial charge in [-0.05, 0) is 18.4 Å². The molecule has 1 heterocycles. The van der Waals surface area contributed by atoms with Gasteiger partial charge >= 0.3 is 0 Å². The third kappa shape index (κ3) is 4.99. The molecule has 0 spiro atoms. The fraction of sp³-hybridized carbons (Fsp3) is 1.00. The monoisotopic (exact) mass is 215 g/mol. The zero-order valence-corrected chi connectivity index (χ0v) is 8.96. The van der Waals surface area contributed by atoms with Gasteiger partial charge in [-0.2, -0.15) is 0 Å². The summed E-state index contributed by atoms with van der Waals surface area (Å²) in [6.45, 7) is 2.21. The smallest absolute Gasteiger partial charge is 0.0810 e. The van der Waals surface area contributed by atoms with Gasteiger partial charge in [-0.1, -0.05) is 5.11 Å². The lowest BCUT2D eigenvalue weighted by molar-refractivity contribution is -0.0891. The summed E-state index contributed by atoms with van der Waals surface area (Å²) in [7, 11) is 1.65. The standard InChI is InChI=1S/C9H17N3O3/c1-13-4-5-14-9-3-2-8(15-7-9)6-11-12-10/h8-9H,2-7H2,1H3/t8-,9+/m1/s1. The van der Waals surface area contributed by atoms with Crippen molar-refractivity contribution >= 4 is 0 Å². The quantitative estimate of drug-likeness (QED) is 0.291. The maximum Gasteiger partial charge on any atom is 0.0810 e. The molecule has 1 aliphatic rings. The van der Waals surface area contributed by atoms with Crippen LogP contribution in [0.5, 0.6) is 0 Å². The summed E-state index contributed by atoms with van der Waals surface area (Å²) in [5.41, 5.74) is 8.16. The van der Waals surface area contributed by atoms with E-state index in [-0.39, 0.29) is 12.2 Å². The predicted octanol–water partition coefficient (Wildman–Crippen LogP) is 1.51. The fourth-order valence-electron chi connectivity index (χ4n) is 1.48. The number of rotatable bonds is 6. The summed E-state index contributed by atoms with van der Waals surface area (Å²) in [4.78, 5) is 2.71. The molecule has 0 aliphatic carbocycles. The van der Waals surface area contributed by atoms with Gasteiger partial charge in [0.05, 0.1) is 38.6 Å². The molecule has 0 bridgehead atoms. The summed E-state index contributed by atoms with van der Waals surface area (Å²) in [6, 6.07) is 0. The van der Waals surface area contributed by atoms with Crippen molar-refractivity contribution in [2.75, 3.05) is 33.5 Å². The third-order valence-corrected chi connectivity index (χ3v) is 2.32. The molecule has 1 aliphatic heterocycles. The van der Waals surface area contributed by atoms with Gasteiger partial charge in [0.1, 0.15) is 0 Å². The van der Waals surface area contributed by atoms with E-state index in [2.05, 4.69) is 10.0 Å². The molecule has 0 amide bonds. The fourth-order valence-corrected chi connectivity index (χ4v) is 1.48. The Morgan fingerprint density at radius 1 is 1.47 bits per heavy atom. The van der Waals surface area contributed by atoms with Crippen LogP contribution >= 0.6 is 0 Å². The highest BCUT2D eigenvalue weighted by Gasteiger charge is 2.21. The Labute approximate surface area is 89.1 Å². The summed E-state index contributed by atoms with van der Waals surface area (Å²) >= 11 is 0. The first-order valence-corrected chi connectivity index (χ1v) is 5.09. The number of ether oxygens (including phenoxy) is 3. The van der Waals surface area contributed by atoms with Crippen LogP contribution in [0, 0.1) is 0 Å². The van der Waals surface area contributed by atoms with Crippen LogP contribution in [0.4, 0.5) is 0 Å². The molecule has 0 aromatic carbocycles. The lowest BCUT2D eigenvalue weighted by atomic mass is 10.1. The van der Waals surface area contributed by atoms with Crippen molar-refractivity contribution in [3.05, 3.63) is 10.4 Å². The molecule has 2 atom stereocenters. The first-order valence-electron chi connectivity index (χ1n) is 5.09. The molecule has 0 aromatic rings. The average molecular weight is 215 g/mol. The molecule has 6 heteroatoms. The normalized spacial score (nSPS) is 25.9. The highest BCUT2D eigenvalue weighted by molar-refractivity contribution is 4.72. The van der Waals surface area contributed by atoms with Crippen molar-refractivity contribution in [3.63, 3.8) is 0 Å². The Balaban J connectivity index is 2.09. The van der Waals surface area contributed by atoms with Gasteiger partial charge in [-0.15, -0.1) is 0 Å². The first kappa shape index (κ1) is 12.3. The van der Waals surface area contributed by atoms with Crippen molar-refractivity contribution in [2.45, 2.75) is 25.0 Å². The molecule has 1 fully saturated rings. The minimum absolute atomic E-state index is 0.0585. The second-order valence-corrected chi connectivity index (χ2v) is 3.43. The number of hydrogen-bond donors (Lipinski definition) is 0. The zero-order valence-electron chi connectivity index (χ0n) is 8.96. The van der Waals surface area contributed by atoms with E-state index in [0.29, 0.717) is 26.4 Å². The van der Waals surface area contributed by atoms with Gasteiger partial charge in [-0.25, -0.2) is 0 Å². The summed E-state index contributed by atoms with van der Waals surface area (Å²) in [5, 5.41) is 3.49. The van der Waals surface area contributed by atoms with Crippen LogP contribution in [0.3, 0.4) is 0 Å². The SMILES string of the molecule is COCCO[C@H]1CC[C@H](CN=[N+]=[N-])OC1. The van der Waals surface area contributed by atoms with Gasteiger partial charge in [-0.3, -0.25) is 0 Å². The Kier molecular flexibility index (Phi) is 6.11. The molecular weight excluding hydrogens is 198 g/mol. The molecule has 1 rings (SSSR count). The van der Waals surface area contributed by atoms with Crippen LogP contribution in [0.15, 0.2) is 5.11 Å². The lowest BCUT2D eigenvalue weighted by Gasteiger charge is -2.28. The molecule has 6 nitrogen and oxygen atoms in total. The number of nitrogens with zero attached hydrogens (tertiary/aromatic N) is 3. The van der Waals surface area contributed by atoms with Crippen molar-refractivity contribution < 1.29 is 14.2 Å². The van der Waals surface area contributed by atoms with Gasteiger partial charge < -0.3 is 14.2 Å². The van der Waals surface area contributed by atoms with E-state index in [4.69, 9.17) is 19.7 Å². The van der Waals surface area contributed by atoms with E-state index in [1.54, 1.807) is 7.11 Å². The van der Waals surface area contributed by atoms with E-state index in [1.807, 2.05) is 0 Å². The van der Waals surface area contributed by atoms with Gasteiger partial charge in [0.2, 0.25) is 0 Å². The van der Waals surface area contributed by atoms with E-state index >= 15 is 0 Å². The number of hydrogen-bond acceptors (Lipinski definition) is 4. The second kappa shape index (κ2) is 7.48. The minimum atomic E-state index is 0.0585. The van der Waals surface area contributed by atoms with Crippen molar-refractivity contribution in [3.8, 4) is 0 Å². The molecule has 1 saturated heterocycles. The highest BCUT2D eigenvalue weighted by atomic mass is 16.6. The van der Waals surface area contributed by atoms with Crippen LogP contribution in [0.25, 0.3) is 10.4 Å².